The van der Waals surface area contributed by atoms with Crippen LogP contribution in [0.1, 0.15) is 194 Å². The summed E-state index contributed by atoms with van der Waals surface area (Å²) in [4.78, 5) is 25.4. The molecule has 3 atom stereocenters. The van der Waals surface area contributed by atoms with Crippen LogP contribution < -0.4 is 10.2 Å². The zero-order chi connectivity index (χ0) is 48.5. The highest BCUT2D eigenvalue weighted by molar-refractivity contribution is 7.45. The van der Waals surface area contributed by atoms with E-state index in [1.807, 2.05) is 21.1 Å². The molecular weight excluding hydrogens is 840 g/mol. The summed E-state index contributed by atoms with van der Waals surface area (Å²) in [5, 5.41) is 13.9. The lowest BCUT2D eigenvalue weighted by molar-refractivity contribution is -0.870. The first-order valence-corrected chi connectivity index (χ1v) is 27.7. The maximum absolute atomic E-state index is 12.9. The van der Waals surface area contributed by atoms with Gasteiger partial charge in [0.1, 0.15) is 13.2 Å². The number of phosphoric ester groups is 1. The van der Waals surface area contributed by atoms with Crippen molar-refractivity contribution in [3.63, 3.8) is 0 Å². The Bertz CT molecular complexity index is 1440. The van der Waals surface area contributed by atoms with E-state index in [0.717, 1.165) is 116 Å². The highest BCUT2D eigenvalue weighted by Gasteiger charge is 2.24. The van der Waals surface area contributed by atoms with Crippen molar-refractivity contribution in [3.05, 3.63) is 109 Å². The third kappa shape index (κ3) is 49.1. The summed E-state index contributed by atoms with van der Waals surface area (Å²) in [6, 6.07) is -0.818. The van der Waals surface area contributed by atoms with Crippen LogP contribution in [0.4, 0.5) is 0 Å². The molecule has 66 heavy (non-hydrogen) atoms. The molecule has 0 radical (unpaired) electrons. The Balaban J connectivity index is 4.21. The second kappa shape index (κ2) is 47.2. The number of carbonyl (C=O) groups excluding carboxylic acids is 1. The van der Waals surface area contributed by atoms with Gasteiger partial charge >= 0.3 is 0 Å². The number of nitrogens with one attached hydrogen (secondary N) is 1. The van der Waals surface area contributed by atoms with Crippen LogP contribution in [0, 0.1) is 0 Å². The molecule has 0 heterocycles. The molecule has 0 aliphatic heterocycles. The Hall–Kier alpha value is -2.84. The van der Waals surface area contributed by atoms with Gasteiger partial charge in [0.25, 0.3) is 7.82 Å². The smallest absolute Gasteiger partial charge is 0.268 e. The maximum atomic E-state index is 12.9. The molecule has 0 saturated carbocycles. The Morgan fingerprint density at radius 1 is 0.545 bits per heavy atom. The Labute approximate surface area is 406 Å². The molecule has 0 spiro atoms. The molecule has 8 nitrogen and oxygen atoms in total. The first-order chi connectivity index (χ1) is 32.0. The minimum absolute atomic E-state index is 0.00196. The molecule has 9 heteroatoms. The molecule has 0 bridgehead atoms. The zero-order valence-electron chi connectivity index (χ0n) is 42.9. The van der Waals surface area contributed by atoms with E-state index in [-0.39, 0.29) is 19.1 Å². The highest BCUT2D eigenvalue weighted by Crippen LogP contribution is 2.38. The van der Waals surface area contributed by atoms with Gasteiger partial charge in [-0.1, -0.05) is 213 Å². The van der Waals surface area contributed by atoms with Crippen LogP contribution in [0.15, 0.2) is 109 Å². The number of amides is 1. The minimum atomic E-state index is -4.58. The standard InChI is InChI=1S/C57H99N2O6P/c1-6-8-10-12-14-16-18-19-20-21-22-23-24-25-26-27-28-29-30-31-32-33-34-35-36-37-38-39-41-43-45-47-49-51-57(61)58-55(54-65-66(62,63)64-53-52-59(3,4)5)56(60)50-48-46-44-42-40-17-15-13-11-9-7-2/h8,10,14,16,19-20,22-23,25-26,28-29,31-32,34-35,37-38,55-56,60H,6-7,9,11-13,15,17-18,21,24,27,30,33,36,39-54H2,1-5H3,(H-,58,61,62,63)/b10-8-,16-14-,20-19-,23-22-,26-25-,29-28-,32-31-,35-34-,38-37-. The van der Waals surface area contributed by atoms with Crippen molar-refractivity contribution in [2.45, 2.75) is 206 Å². The van der Waals surface area contributed by atoms with E-state index in [9.17, 15) is 19.4 Å². The average molecular weight is 939 g/mol. The number of allylic oxidation sites excluding steroid dienone is 18. The molecule has 0 saturated heterocycles. The number of hydrogen-bond acceptors (Lipinski definition) is 6. The van der Waals surface area contributed by atoms with Gasteiger partial charge < -0.3 is 28.8 Å². The number of quaternary nitrogens is 1. The quantitative estimate of drug-likeness (QED) is 0.0272. The average Bonchev–Trinajstić information content (AvgIpc) is 3.28. The lowest BCUT2D eigenvalue weighted by Gasteiger charge is -2.30. The monoisotopic (exact) mass is 939 g/mol. The number of rotatable bonds is 46. The van der Waals surface area contributed by atoms with Crippen LogP contribution in [-0.4, -0.2) is 68.5 Å². The summed E-state index contributed by atoms with van der Waals surface area (Å²) in [7, 11) is 1.27. The highest BCUT2D eigenvalue weighted by atomic mass is 31.2. The van der Waals surface area contributed by atoms with Gasteiger partial charge in [0.15, 0.2) is 0 Å². The van der Waals surface area contributed by atoms with Crippen LogP contribution in [0.25, 0.3) is 0 Å². The topological polar surface area (TPSA) is 108 Å². The van der Waals surface area contributed by atoms with Crippen molar-refractivity contribution in [2.75, 3.05) is 40.9 Å². The Kier molecular flexibility index (Phi) is 45.2. The Morgan fingerprint density at radius 3 is 1.35 bits per heavy atom. The number of hydrogen-bond donors (Lipinski definition) is 2. The van der Waals surface area contributed by atoms with Gasteiger partial charge in [0.05, 0.1) is 39.9 Å². The van der Waals surface area contributed by atoms with Crippen LogP contribution in [-0.2, 0) is 18.4 Å². The van der Waals surface area contributed by atoms with Crippen molar-refractivity contribution in [3.8, 4) is 0 Å². The van der Waals surface area contributed by atoms with Crippen LogP contribution in [0.3, 0.4) is 0 Å². The van der Waals surface area contributed by atoms with Crippen molar-refractivity contribution in [1.82, 2.24) is 5.32 Å². The second-order valence-electron chi connectivity index (χ2n) is 18.5. The minimum Gasteiger partial charge on any atom is -0.756 e. The van der Waals surface area contributed by atoms with Gasteiger partial charge in [0, 0.05) is 6.42 Å². The first kappa shape index (κ1) is 63.2. The fourth-order valence-corrected chi connectivity index (χ4v) is 7.64. The van der Waals surface area contributed by atoms with Crippen molar-refractivity contribution in [1.29, 1.82) is 0 Å². The van der Waals surface area contributed by atoms with Gasteiger partial charge in [-0.25, -0.2) is 0 Å². The summed E-state index contributed by atoms with van der Waals surface area (Å²) >= 11 is 0. The summed E-state index contributed by atoms with van der Waals surface area (Å²) in [5.41, 5.74) is 0. The van der Waals surface area contributed by atoms with E-state index < -0.39 is 20.0 Å². The fraction of sp³-hybridized carbons (Fsp3) is 0.667. The summed E-state index contributed by atoms with van der Waals surface area (Å²) in [5.74, 6) is -0.190. The molecule has 0 aliphatic carbocycles. The predicted octanol–water partition coefficient (Wildman–Crippen LogP) is 15.0. The lowest BCUT2D eigenvalue weighted by Crippen LogP contribution is -2.46. The van der Waals surface area contributed by atoms with E-state index in [2.05, 4.69) is 129 Å². The number of unbranched alkanes of at least 4 members (excludes halogenated alkanes) is 15. The molecule has 2 N–H and O–H groups in total. The summed E-state index contributed by atoms with van der Waals surface area (Å²) in [6.07, 6.45) is 68.3. The van der Waals surface area contributed by atoms with Crippen LogP contribution in [0.2, 0.25) is 0 Å². The van der Waals surface area contributed by atoms with Gasteiger partial charge in [0.2, 0.25) is 5.91 Å². The summed E-state index contributed by atoms with van der Waals surface area (Å²) in [6.45, 7) is 4.56. The molecule has 378 valence electrons. The second-order valence-corrected chi connectivity index (χ2v) is 19.9. The van der Waals surface area contributed by atoms with E-state index in [1.54, 1.807) is 0 Å². The Morgan fingerprint density at radius 2 is 0.924 bits per heavy atom. The predicted molar refractivity (Wildman–Crippen MR) is 283 cm³/mol. The first-order valence-electron chi connectivity index (χ1n) is 26.2. The number of aliphatic hydroxyl groups excluding tert-OH is 1. The number of phosphoric acid groups is 1. The number of nitrogens with zero attached hydrogens (tertiary/aromatic N) is 1. The lowest BCUT2D eigenvalue weighted by atomic mass is 10.0. The molecule has 0 aliphatic rings. The van der Waals surface area contributed by atoms with Crippen molar-refractivity contribution >= 4 is 13.7 Å². The molecular formula is C57H99N2O6P. The van der Waals surface area contributed by atoms with E-state index >= 15 is 0 Å². The molecule has 3 unspecified atom stereocenters. The van der Waals surface area contributed by atoms with Crippen LogP contribution in [0.5, 0.6) is 0 Å². The maximum Gasteiger partial charge on any atom is 0.268 e. The van der Waals surface area contributed by atoms with E-state index in [4.69, 9.17) is 9.05 Å². The van der Waals surface area contributed by atoms with Gasteiger partial charge in [-0.15, -0.1) is 0 Å². The van der Waals surface area contributed by atoms with Gasteiger partial charge in [-0.3, -0.25) is 9.36 Å². The number of aliphatic hydroxyl groups is 1. The van der Waals surface area contributed by atoms with Gasteiger partial charge in [-0.2, -0.15) is 0 Å². The molecule has 0 aromatic rings. The fourth-order valence-electron chi connectivity index (χ4n) is 6.91. The largest absolute Gasteiger partial charge is 0.756 e. The van der Waals surface area contributed by atoms with Crippen LogP contribution >= 0.6 is 7.82 Å². The van der Waals surface area contributed by atoms with Crippen molar-refractivity contribution < 1.29 is 32.9 Å². The number of likely N-dealkylation sites (N-methyl/N-ethyl adjacent to an activating group) is 1. The third-order valence-corrected chi connectivity index (χ3v) is 12.0. The van der Waals surface area contributed by atoms with E-state index in [1.165, 1.54) is 51.4 Å². The van der Waals surface area contributed by atoms with E-state index in [0.29, 0.717) is 23.9 Å². The van der Waals surface area contributed by atoms with Gasteiger partial charge in [-0.05, 0) is 83.5 Å². The zero-order valence-corrected chi connectivity index (χ0v) is 43.7. The number of carbonyl (C=O) groups is 1. The van der Waals surface area contributed by atoms with Crippen molar-refractivity contribution in [2.24, 2.45) is 0 Å². The normalized spacial score (nSPS) is 15.0. The molecule has 0 fully saturated rings. The summed E-state index contributed by atoms with van der Waals surface area (Å²) < 4.78 is 23.3. The molecule has 0 aromatic heterocycles. The molecule has 0 aromatic carbocycles. The third-order valence-electron chi connectivity index (χ3n) is 11.0. The molecule has 1 amide bonds. The SMILES string of the molecule is CC/C=C\C/C=C\C/C=C\C/C=C\C/C=C\C/C=C\C/C=C\C/C=C\C/C=C\CCCCCCCC(=O)NC(COP(=O)([O-])OCC[N+](C)(C)C)C(O)CCCCCCCCCCCCC. The molecule has 0 rings (SSSR count).